The molecule has 2 N–H and O–H groups in total. The number of para-hydroxylation sites is 1. The second kappa shape index (κ2) is 9.58. The Balaban J connectivity index is 1.49. The van der Waals surface area contributed by atoms with Crippen LogP contribution in [0.5, 0.6) is 5.75 Å². The Labute approximate surface area is 195 Å². The number of nitrogens with one attached hydrogen (secondary N) is 2. The van der Waals surface area contributed by atoms with E-state index < -0.39 is 11.8 Å². The van der Waals surface area contributed by atoms with Crippen LogP contribution in [0.1, 0.15) is 17.3 Å². The maximum Gasteiger partial charge on any atom is 0.283 e. The molecule has 8 heteroatoms. The first-order chi connectivity index (χ1) is 16.0. The summed E-state index contributed by atoms with van der Waals surface area (Å²) in [7, 11) is 0. The quantitative estimate of drug-likeness (QED) is 0.495. The zero-order valence-electron chi connectivity index (χ0n) is 17.7. The number of halogens is 1. The number of hydrogen-bond donors (Lipinski definition) is 2. The smallest absolute Gasteiger partial charge is 0.283 e. The highest BCUT2D eigenvalue weighted by Crippen LogP contribution is 2.30. The zero-order valence-corrected chi connectivity index (χ0v) is 18.4. The van der Waals surface area contributed by atoms with Crippen molar-refractivity contribution < 1.29 is 19.1 Å². The fourth-order valence-electron chi connectivity index (χ4n) is 3.31. The van der Waals surface area contributed by atoms with Crippen LogP contribution in [0.3, 0.4) is 0 Å². The lowest BCUT2D eigenvalue weighted by Gasteiger charge is -2.15. The summed E-state index contributed by atoms with van der Waals surface area (Å²) in [5, 5.41) is 5.49. The first kappa shape index (κ1) is 22.1. The highest BCUT2D eigenvalue weighted by molar-refractivity contribution is 6.53. The summed E-state index contributed by atoms with van der Waals surface area (Å²) >= 11 is 6.18. The monoisotopic (exact) mass is 461 g/mol. The Bertz CT molecular complexity index is 1240. The summed E-state index contributed by atoms with van der Waals surface area (Å²) in [6.45, 7) is 2.46. The number of ether oxygens (including phenoxy) is 1. The van der Waals surface area contributed by atoms with Gasteiger partial charge in [-0.3, -0.25) is 14.4 Å². The molecule has 33 heavy (non-hydrogen) atoms. The van der Waals surface area contributed by atoms with E-state index in [0.717, 1.165) is 4.90 Å². The summed E-state index contributed by atoms with van der Waals surface area (Å²) < 4.78 is 5.40. The normalized spacial score (nSPS) is 13.3. The summed E-state index contributed by atoms with van der Waals surface area (Å²) in [4.78, 5) is 39.1. The molecule has 1 heterocycles. The van der Waals surface area contributed by atoms with Crippen LogP contribution in [0, 0.1) is 0 Å². The third-order valence-corrected chi connectivity index (χ3v) is 5.21. The molecule has 3 amide bonds. The van der Waals surface area contributed by atoms with Crippen molar-refractivity contribution in [3.63, 3.8) is 0 Å². The van der Waals surface area contributed by atoms with Crippen LogP contribution in [-0.2, 0) is 9.59 Å². The van der Waals surface area contributed by atoms with Gasteiger partial charge in [0.15, 0.2) is 0 Å². The fraction of sp³-hybridized carbons (Fsp3) is 0.0800. The number of nitrogens with zero attached hydrogens (tertiary/aromatic N) is 1. The molecule has 1 aliphatic heterocycles. The third kappa shape index (κ3) is 4.73. The molecule has 0 aliphatic carbocycles. The van der Waals surface area contributed by atoms with Gasteiger partial charge in [0.1, 0.15) is 16.5 Å². The first-order valence-electron chi connectivity index (χ1n) is 10.2. The van der Waals surface area contributed by atoms with Gasteiger partial charge in [0.05, 0.1) is 12.3 Å². The van der Waals surface area contributed by atoms with Gasteiger partial charge in [0.25, 0.3) is 17.7 Å². The molecule has 0 saturated carbocycles. The van der Waals surface area contributed by atoms with Crippen molar-refractivity contribution >= 4 is 46.4 Å². The lowest BCUT2D eigenvalue weighted by Crippen LogP contribution is -2.32. The molecular formula is C25H20ClN3O4. The highest BCUT2D eigenvalue weighted by atomic mass is 35.5. The van der Waals surface area contributed by atoms with E-state index in [1.54, 1.807) is 78.9 Å². The Morgan fingerprint density at radius 1 is 0.909 bits per heavy atom. The first-order valence-corrected chi connectivity index (χ1v) is 10.6. The van der Waals surface area contributed by atoms with Crippen molar-refractivity contribution in [2.75, 3.05) is 22.1 Å². The molecule has 166 valence electrons. The van der Waals surface area contributed by atoms with Gasteiger partial charge in [-0.25, -0.2) is 4.90 Å². The Kier molecular flexibility index (Phi) is 6.42. The molecule has 0 unspecified atom stereocenters. The predicted octanol–water partition coefficient (Wildman–Crippen LogP) is 4.77. The van der Waals surface area contributed by atoms with E-state index in [1.165, 1.54) is 0 Å². The summed E-state index contributed by atoms with van der Waals surface area (Å²) in [6.07, 6.45) is 0. The number of carbonyl (C=O) groups is 3. The van der Waals surface area contributed by atoms with Gasteiger partial charge in [-0.1, -0.05) is 35.9 Å². The fourth-order valence-corrected chi connectivity index (χ4v) is 3.52. The summed E-state index contributed by atoms with van der Waals surface area (Å²) in [5.74, 6) is -0.796. The number of benzene rings is 3. The number of rotatable bonds is 7. The maximum absolute atomic E-state index is 12.9. The topological polar surface area (TPSA) is 87.7 Å². The van der Waals surface area contributed by atoms with E-state index in [1.807, 2.05) is 6.92 Å². The van der Waals surface area contributed by atoms with Crippen molar-refractivity contribution in [1.82, 2.24) is 0 Å². The van der Waals surface area contributed by atoms with E-state index in [0.29, 0.717) is 35.0 Å². The van der Waals surface area contributed by atoms with Crippen LogP contribution in [0.4, 0.5) is 17.1 Å². The molecule has 7 nitrogen and oxygen atoms in total. The molecule has 3 aromatic carbocycles. The number of imide groups is 1. The standard InChI is InChI=1S/C25H20ClN3O4/c1-2-33-20-13-11-17(12-14-20)28-23(30)16-7-6-8-18(15-16)27-22-21(26)24(31)29(25(22)32)19-9-4-3-5-10-19/h3-15,27H,2H2,1H3,(H,28,30). The Morgan fingerprint density at radius 2 is 1.64 bits per heavy atom. The minimum absolute atomic E-state index is 0.0467. The maximum atomic E-state index is 12.9. The minimum Gasteiger partial charge on any atom is -0.494 e. The van der Waals surface area contributed by atoms with Gasteiger partial charge < -0.3 is 15.4 Å². The average Bonchev–Trinajstić information content (AvgIpc) is 3.04. The number of anilines is 3. The molecule has 4 rings (SSSR count). The van der Waals surface area contributed by atoms with Crippen molar-refractivity contribution in [1.29, 1.82) is 0 Å². The van der Waals surface area contributed by atoms with Gasteiger partial charge in [-0.05, 0) is 61.5 Å². The van der Waals surface area contributed by atoms with E-state index in [-0.39, 0.29) is 16.6 Å². The molecule has 0 spiro atoms. The van der Waals surface area contributed by atoms with Crippen molar-refractivity contribution in [2.45, 2.75) is 6.92 Å². The summed E-state index contributed by atoms with van der Waals surface area (Å²) in [5.41, 5.74) is 1.80. The van der Waals surface area contributed by atoms with E-state index in [4.69, 9.17) is 16.3 Å². The van der Waals surface area contributed by atoms with Crippen molar-refractivity contribution in [3.8, 4) is 5.75 Å². The van der Waals surface area contributed by atoms with Gasteiger partial charge in [-0.15, -0.1) is 0 Å². The molecule has 0 saturated heterocycles. The van der Waals surface area contributed by atoms with Gasteiger partial charge in [0, 0.05) is 16.9 Å². The van der Waals surface area contributed by atoms with Crippen LogP contribution in [0.2, 0.25) is 0 Å². The van der Waals surface area contributed by atoms with Gasteiger partial charge in [0.2, 0.25) is 0 Å². The third-order valence-electron chi connectivity index (χ3n) is 4.86. The van der Waals surface area contributed by atoms with Crippen LogP contribution in [0.25, 0.3) is 0 Å². The van der Waals surface area contributed by atoms with E-state index >= 15 is 0 Å². The summed E-state index contributed by atoms with van der Waals surface area (Å²) in [6, 6.07) is 22.1. The molecule has 0 aromatic heterocycles. The van der Waals surface area contributed by atoms with Crippen LogP contribution in [-0.4, -0.2) is 24.3 Å². The average molecular weight is 462 g/mol. The number of carbonyl (C=O) groups excluding carboxylic acids is 3. The lowest BCUT2D eigenvalue weighted by molar-refractivity contribution is -0.120. The highest BCUT2D eigenvalue weighted by Gasteiger charge is 2.38. The molecule has 1 aliphatic rings. The van der Waals surface area contributed by atoms with Gasteiger partial charge in [-0.2, -0.15) is 0 Å². The van der Waals surface area contributed by atoms with Crippen molar-refractivity contribution in [3.05, 3.63) is 95.2 Å². The number of hydrogen-bond acceptors (Lipinski definition) is 5. The van der Waals surface area contributed by atoms with E-state index in [9.17, 15) is 14.4 Å². The molecule has 0 atom stereocenters. The van der Waals surface area contributed by atoms with E-state index in [2.05, 4.69) is 10.6 Å². The van der Waals surface area contributed by atoms with Crippen LogP contribution in [0.15, 0.2) is 89.6 Å². The SMILES string of the molecule is CCOc1ccc(NC(=O)c2cccc(NC3=C(Cl)C(=O)N(c4ccccc4)C3=O)c2)cc1. The molecular weight excluding hydrogens is 442 g/mol. The lowest BCUT2D eigenvalue weighted by atomic mass is 10.1. The van der Waals surface area contributed by atoms with Crippen LogP contribution >= 0.6 is 11.6 Å². The van der Waals surface area contributed by atoms with Crippen molar-refractivity contribution in [2.24, 2.45) is 0 Å². The largest absolute Gasteiger partial charge is 0.494 e. The molecule has 0 fully saturated rings. The second-order valence-electron chi connectivity index (χ2n) is 7.09. The number of amides is 3. The molecule has 0 bridgehead atoms. The molecule has 0 radical (unpaired) electrons. The predicted molar refractivity (Wildman–Crippen MR) is 127 cm³/mol. The van der Waals surface area contributed by atoms with Gasteiger partial charge >= 0.3 is 0 Å². The second-order valence-corrected chi connectivity index (χ2v) is 7.47. The Morgan fingerprint density at radius 3 is 2.33 bits per heavy atom. The molecule has 3 aromatic rings. The zero-order chi connectivity index (χ0) is 23.4. The Hall–Kier alpha value is -4.10. The van der Waals surface area contributed by atoms with Crippen LogP contribution < -0.4 is 20.3 Å². The minimum atomic E-state index is -0.611.